The first kappa shape index (κ1) is 39.1. The summed E-state index contributed by atoms with van der Waals surface area (Å²) in [4.78, 5) is 41.8. The molecule has 3 N–H and O–H groups in total. The second-order valence-electron chi connectivity index (χ2n) is 13.5. The maximum Gasteiger partial charge on any atom is 0.471 e. The number of amides is 2. The molecule has 6 rings (SSSR count). The van der Waals surface area contributed by atoms with Crippen LogP contribution in [-0.4, -0.2) is 83.4 Å². The number of nitriles is 1. The van der Waals surface area contributed by atoms with Crippen molar-refractivity contribution in [3.8, 4) is 29.1 Å². The molecule has 4 heterocycles. The summed E-state index contributed by atoms with van der Waals surface area (Å²) in [6.45, 7) is 8.26. The van der Waals surface area contributed by atoms with Gasteiger partial charge in [0, 0.05) is 91.4 Å². The van der Waals surface area contributed by atoms with Crippen LogP contribution in [0, 0.1) is 76.2 Å². The third kappa shape index (κ3) is 6.69. The van der Waals surface area contributed by atoms with Gasteiger partial charge in [-0.3, -0.25) is 24.2 Å². The molecular formula is C35H40AcF3N5O7. The first-order chi connectivity index (χ1) is 23.6. The number of benzene rings is 2. The molecule has 0 aliphatic carbocycles. The van der Waals surface area contributed by atoms with Crippen molar-refractivity contribution in [3.63, 3.8) is 0 Å². The number of alkyl halides is 3. The monoisotopic (exact) mass is 926 g/mol. The number of nitrogens with one attached hydrogen (secondary N) is 2. The number of esters is 1. The van der Waals surface area contributed by atoms with Gasteiger partial charge in [0.1, 0.15) is 23.6 Å². The smallest absolute Gasteiger partial charge is 0.471 e. The number of phenolic OH excluding ortho intramolecular Hbond substituents is 1. The van der Waals surface area contributed by atoms with E-state index in [0.717, 1.165) is 29.2 Å². The fourth-order valence-electron chi connectivity index (χ4n) is 8.08. The minimum Gasteiger partial charge on any atom is -0.507 e. The van der Waals surface area contributed by atoms with Crippen LogP contribution in [0.2, 0.25) is 0 Å². The first-order valence-electron chi connectivity index (χ1n) is 16.6. The van der Waals surface area contributed by atoms with Crippen molar-refractivity contribution >= 4 is 17.8 Å². The molecule has 0 aromatic heterocycles. The summed E-state index contributed by atoms with van der Waals surface area (Å²) in [6, 6.07) is 0.181. The number of piperazine rings is 1. The van der Waals surface area contributed by atoms with E-state index in [4.69, 9.17) is 14.2 Å². The van der Waals surface area contributed by atoms with Crippen LogP contribution >= 0.6 is 0 Å². The second-order valence-corrected chi connectivity index (χ2v) is 13.5. The van der Waals surface area contributed by atoms with Crippen LogP contribution in [0.25, 0.3) is 0 Å². The summed E-state index contributed by atoms with van der Waals surface area (Å²) in [7, 11) is 1.93. The van der Waals surface area contributed by atoms with Crippen LogP contribution in [0.5, 0.6) is 23.0 Å². The molecule has 0 saturated carbocycles. The van der Waals surface area contributed by atoms with Crippen LogP contribution in [0.1, 0.15) is 77.7 Å². The van der Waals surface area contributed by atoms with E-state index in [1.807, 2.05) is 32.7 Å². The second kappa shape index (κ2) is 14.7. The molecule has 6 atom stereocenters. The first-order valence-corrected chi connectivity index (χ1v) is 16.6. The van der Waals surface area contributed by atoms with Crippen LogP contribution in [0.4, 0.5) is 13.2 Å². The minimum absolute atomic E-state index is 0. The predicted octanol–water partition coefficient (Wildman–Crippen LogP) is 3.71. The predicted molar refractivity (Wildman–Crippen MR) is 172 cm³/mol. The zero-order chi connectivity index (χ0) is 36.4. The van der Waals surface area contributed by atoms with Gasteiger partial charge in [-0.25, -0.2) is 0 Å². The average Bonchev–Trinajstić information content (AvgIpc) is 3.54. The summed E-state index contributed by atoms with van der Waals surface area (Å²) in [5.74, 6) is -2.36. The number of hydrogen-bond donors (Lipinski definition) is 3. The number of phenols is 1. The van der Waals surface area contributed by atoms with Crippen molar-refractivity contribution in [1.82, 2.24) is 20.4 Å². The van der Waals surface area contributed by atoms with E-state index in [1.54, 1.807) is 12.2 Å². The molecule has 16 heteroatoms. The summed E-state index contributed by atoms with van der Waals surface area (Å²) in [6.07, 6.45) is -3.64. The van der Waals surface area contributed by atoms with E-state index in [0.29, 0.717) is 46.8 Å². The number of ether oxygens (including phenoxy) is 3. The van der Waals surface area contributed by atoms with Gasteiger partial charge in [-0.15, -0.1) is 0 Å². The van der Waals surface area contributed by atoms with Gasteiger partial charge in [0.2, 0.25) is 12.7 Å². The van der Waals surface area contributed by atoms with Crippen LogP contribution in [0.3, 0.4) is 0 Å². The Morgan fingerprint density at radius 2 is 1.80 bits per heavy atom. The van der Waals surface area contributed by atoms with Crippen molar-refractivity contribution in [1.29, 1.82) is 5.26 Å². The third-order valence-corrected chi connectivity index (χ3v) is 10.6. The van der Waals surface area contributed by atoms with Gasteiger partial charge >= 0.3 is 18.1 Å². The number of carbonyl (C=O) groups is 3. The normalized spacial score (nSPS) is 23.8. The van der Waals surface area contributed by atoms with E-state index in [9.17, 15) is 37.9 Å². The molecule has 0 spiro atoms. The number of halogens is 3. The molecule has 2 aromatic rings. The topological polar surface area (TPSA) is 153 Å². The Bertz CT molecular complexity index is 1820. The molecule has 4 aliphatic rings. The summed E-state index contributed by atoms with van der Waals surface area (Å²) in [5.41, 5.74) is 5.01. The van der Waals surface area contributed by atoms with Gasteiger partial charge < -0.3 is 30.0 Å². The maximum absolute atomic E-state index is 13.2. The maximum atomic E-state index is 13.2. The molecular weight excluding hydrogens is 886 g/mol. The van der Waals surface area contributed by atoms with Crippen molar-refractivity contribution in [3.05, 3.63) is 45.0 Å². The fourth-order valence-corrected chi connectivity index (χ4v) is 8.08. The fraction of sp³-hybridized carbons (Fsp3) is 0.543. The van der Waals surface area contributed by atoms with E-state index in [-0.39, 0.29) is 88.0 Å². The van der Waals surface area contributed by atoms with Crippen molar-refractivity contribution in [2.75, 3.05) is 20.4 Å². The molecule has 4 aliphatic heterocycles. The SMILES string of the molecule is CCCC(=O)Oc1c(C)c(C)cc2c1[C@@H]1C3Cc4c(O)c(C)c5c(c4[C@H](CNC(=O)[C@H](C)NC(=O)C(F)(F)F)N3[C@@H](C#N)[C@@H](C2)N1C)OCO5.[Ac]. The van der Waals surface area contributed by atoms with Gasteiger partial charge in [-0.1, -0.05) is 13.0 Å². The standard InChI is InChI=1S/C35H40F3N5O7.Ac/c1-7-8-25(44)50-30-16(3)15(2)9-19-10-21-23(12-39)43-22(28(26(19)30)42(21)6)11-20-27(32-31(48-14-49-32)17(4)29(20)45)24(43)13-40-33(46)18(5)41-34(47)35(36,37)38;/h9,18,21-24,28,45H,7-8,10-11,13-14H2,1-6H3,(H,40,46)(H,41,47);/t18-,21+,22?,23-,24-,28-;/m0./s1. The minimum atomic E-state index is -5.17. The molecule has 1 radical (unpaired) electrons. The molecule has 1 unspecified atom stereocenters. The number of fused-ring (bicyclic) bond motifs is 9. The Kier molecular flexibility index (Phi) is 11.3. The summed E-state index contributed by atoms with van der Waals surface area (Å²) >= 11 is 0. The number of aromatic hydroxyl groups is 1. The van der Waals surface area contributed by atoms with Gasteiger partial charge in [-0.05, 0) is 70.7 Å². The van der Waals surface area contributed by atoms with Gasteiger partial charge in [0.15, 0.2) is 11.5 Å². The number of rotatable bonds is 7. The Morgan fingerprint density at radius 3 is 2.45 bits per heavy atom. The zero-order valence-corrected chi connectivity index (χ0v) is 34.0. The molecule has 2 bridgehead atoms. The Hall–Kier alpha value is -3.11. The number of carbonyl (C=O) groups excluding carboxylic acids is 3. The number of nitrogens with zero attached hydrogens (tertiary/aromatic N) is 3. The van der Waals surface area contributed by atoms with Crippen LogP contribution < -0.4 is 24.8 Å². The zero-order valence-electron chi connectivity index (χ0n) is 29.2. The summed E-state index contributed by atoms with van der Waals surface area (Å²) < 4.78 is 56.6. The van der Waals surface area contributed by atoms with E-state index in [1.165, 1.54) is 0 Å². The number of likely N-dealkylation sites (N-methyl/N-ethyl adjacent to an activating group) is 1. The van der Waals surface area contributed by atoms with Gasteiger partial charge in [-0.2, -0.15) is 18.4 Å². The van der Waals surface area contributed by atoms with Gasteiger partial charge in [0.25, 0.3) is 0 Å². The van der Waals surface area contributed by atoms with E-state index < -0.39 is 48.2 Å². The third-order valence-electron chi connectivity index (χ3n) is 10.6. The van der Waals surface area contributed by atoms with Crippen molar-refractivity contribution < 1.29 is 90.9 Å². The van der Waals surface area contributed by atoms with Crippen LogP contribution in [0.15, 0.2) is 6.07 Å². The Balaban J connectivity index is 0.00000504. The molecule has 1 saturated heterocycles. The molecule has 51 heavy (non-hydrogen) atoms. The molecule has 2 amide bonds. The van der Waals surface area contributed by atoms with Crippen molar-refractivity contribution in [2.45, 2.75) is 103 Å². The van der Waals surface area contributed by atoms with E-state index >= 15 is 0 Å². The molecule has 12 nitrogen and oxygen atoms in total. The number of hydrogen-bond acceptors (Lipinski definition) is 10. The van der Waals surface area contributed by atoms with Crippen molar-refractivity contribution in [2.24, 2.45) is 0 Å². The average molecular weight is 927 g/mol. The molecule has 2 aromatic carbocycles. The summed E-state index contributed by atoms with van der Waals surface area (Å²) in [5, 5.41) is 26.8. The van der Waals surface area contributed by atoms with Gasteiger partial charge in [0.05, 0.1) is 18.2 Å². The molecule has 1 fully saturated rings. The molecule has 271 valence electrons. The number of aryl methyl sites for hydroxylation is 1. The van der Waals surface area contributed by atoms with E-state index in [2.05, 4.69) is 22.4 Å². The largest absolute Gasteiger partial charge is 0.507 e. The Labute approximate surface area is 329 Å². The Morgan fingerprint density at radius 1 is 1.12 bits per heavy atom. The van der Waals surface area contributed by atoms with Crippen LogP contribution in [-0.2, 0) is 27.2 Å². The quantitative estimate of drug-likeness (QED) is 0.277.